The highest BCUT2D eigenvalue weighted by Gasteiger charge is 2.14. The number of fused-ring (bicyclic) bond motifs is 1. The van der Waals surface area contributed by atoms with E-state index in [0.29, 0.717) is 11.7 Å². The van der Waals surface area contributed by atoms with Crippen molar-refractivity contribution >= 4 is 28.8 Å². The van der Waals surface area contributed by atoms with Crippen LogP contribution in [0.4, 0.5) is 0 Å². The van der Waals surface area contributed by atoms with Gasteiger partial charge >= 0.3 is 5.97 Å². The summed E-state index contributed by atoms with van der Waals surface area (Å²) in [4.78, 5) is 19.1. The van der Waals surface area contributed by atoms with Gasteiger partial charge in [0.25, 0.3) is 0 Å². The van der Waals surface area contributed by atoms with Crippen molar-refractivity contribution < 1.29 is 14.4 Å². The summed E-state index contributed by atoms with van der Waals surface area (Å²) in [5, 5.41) is 13.3. The number of imidazole rings is 1. The number of aliphatic carboxylic acids is 1. The van der Waals surface area contributed by atoms with Gasteiger partial charge in [0.1, 0.15) is 17.5 Å². The lowest BCUT2D eigenvalue weighted by Crippen LogP contribution is -2.04. The molecule has 3 rings (SSSR count). The molecule has 8 heteroatoms. The normalized spacial score (nSPS) is 11.0. The zero-order chi connectivity index (χ0) is 13.9. The monoisotopic (exact) mass is 290 g/mol. The molecule has 7 nitrogen and oxygen atoms in total. The van der Waals surface area contributed by atoms with Gasteiger partial charge in [-0.2, -0.15) is 0 Å². The summed E-state index contributed by atoms with van der Waals surface area (Å²) >= 11 is 1.17. The van der Waals surface area contributed by atoms with Crippen molar-refractivity contribution in [3.63, 3.8) is 0 Å². The molecule has 0 aliphatic carbocycles. The maximum Gasteiger partial charge on any atom is 0.313 e. The number of hydrogen-bond acceptors (Lipinski definition) is 6. The molecule has 1 N–H and O–H groups in total. The van der Waals surface area contributed by atoms with Crippen molar-refractivity contribution in [1.82, 2.24) is 19.7 Å². The van der Waals surface area contributed by atoms with E-state index in [1.165, 1.54) is 18.0 Å². The third kappa shape index (κ3) is 2.50. The summed E-state index contributed by atoms with van der Waals surface area (Å²) in [6.07, 6.45) is 4.83. The maximum atomic E-state index is 10.7. The van der Waals surface area contributed by atoms with Crippen LogP contribution >= 0.6 is 11.8 Å². The van der Waals surface area contributed by atoms with E-state index in [2.05, 4.69) is 15.1 Å². The molecule has 3 aromatic heterocycles. The largest absolute Gasteiger partial charge is 0.481 e. The summed E-state index contributed by atoms with van der Waals surface area (Å²) in [6.45, 7) is 0.471. The summed E-state index contributed by atoms with van der Waals surface area (Å²) in [5.74, 6) is -0.927. The summed E-state index contributed by atoms with van der Waals surface area (Å²) < 4.78 is 6.72. The third-order valence-electron chi connectivity index (χ3n) is 2.65. The summed E-state index contributed by atoms with van der Waals surface area (Å²) in [5.41, 5.74) is 2.36. The molecular formula is C12H10N4O3S. The Balaban J connectivity index is 2.01. The highest BCUT2D eigenvalue weighted by Crippen LogP contribution is 2.24. The SMILES string of the molecule is O=C(O)CSc1nc2cnccc2n1Cc1ccon1. The minimum Gasteiger partial charge on any atom is -0.481 e. The Labute approximate surface area is 117 Å². The number of aromatic nitrogens is 4. The minimum atomic E-state index is -0.881. The highest BCUT2D eigenvalue weighted by molar-refractivity contribution is 7.99. The van der Waals surface area contributed by atoms with Crippen LogP contribution in [-0.2, 0) is 11.3 Å². The molecule has 0 aliphatic rings. The van der Waals surface area contributed by atoms with E-state index >= 15 is 0 Å². The van der Waals surface area contributed by atoms with Gasteiger partial charge in [-0.1, -0.05) is 16.9 Å². The number of nitrogens with zero attached hydrogens (tertiary/aromatic N) is 4. The van der Waals surface area contributed by atoms with E-state index in [1.54, 1.807) is 18.5 Å². The van der Waals surface area contributed by atoms with Crippen molar-refractivity contribution in [3.8, 4) is 0 Å². The molecule has 102 valence electrons. The number of rotatable bonds is 5. The number of pyridine rings is 1. The Morgan fingerprint density at radius 2 is 2.35 bits per heavy atom. The standard InChI is InChI=1S/C12H10N4O3S/c17-11(18)7-20-12-14-9-5-13-3-1-10(9)16(12)6-8-2-4-19-15-8/h1-5H,6-7H2,(H,17,18). The maximum absolute atomic E-state index is 10.7. The lowest BCUT2D eigenvalue weighted by Gasteiger charge is -2.05. The van der Waals surface area contributed by atoms with Crippen molar-refractivity contribution in [3.05, 3.63) is 36.5 Å². The molecule has 0 spiro atoms. The van der Waals surface area contributed by atoms with Gasteiger partial charge in [-0.3, -0.25) is 9.78 Å². The van der Waals surface area contributed by atoms with Gasteiger partial charge < -0.3 is 14.2 Å². The molecular weight excluding hydrogens is 280 g/mol. The van der Waals surface area contributed by atoms with Crippen LogP contribution in [-0.4, -0.2) is 36.5 Å². The predicted octanol–water partition coefficient (Wildman–Crippen LogP) is 1.64. The van der Waals surface area contributed by atoms with Gasteiger partial charge in [-0.05, 0) is 6.07 Å². The van der Waals surface area contributed by atoms with Crippen molar-refractivity contribution in [2.45, 2.75) is 11.7 Å². The first-order valence-electron chi connectivity index (χ1n) is 5.78. The Hall–Kier alpha value is -2.35. The average Bonchev–Trinajstić information content (AvgIpc) is 3.05. The van der Waals surface area contributed by atoms with Crippen LogP contribution in [0.3, 0.4) is 0 Å². The van der Waals surface area contributed by atoms with E-state index in [-0.39, 0.29) is 5.75 Å². The van der Waals surface area contributed by atoms with Crippen LogP contribution < -0.4 is 0 Å². The smallest absolute Gasteiger partial charge is 0.313 e. The van der Waals surface area contributed by atoms with Crippen LogP contribution in [0.1, 0.15) is 5.69 Å². The van der Waals surface area contributed by atoms with E-state index in [4.69, 9.17) is 9.63 Å². The number of carboxylic acid groups (broad SMARTS) is 1. The average molecular weight is 290 g/mol. The number of hydrogen-bond donors (Lipinski definition) is 1. The van der Waals surface area contributed by atoms with E-state index in [9.17, 15) is 4.79 Å². The van der Waals surface area contributed by atoms with Gasteiger partial charge in [-0.25, -0.2) is 4.98 Å². The predicted molar refractivity (Wildman–Crippen MR) is 71.5 cm³/mol. The van der Waals surface area contributed by atoms with Gasteiger partial charge in [-0.15, -0.1) is 0 Å². The van der Waals surface area contributed by atoms with Crippen molar-refractivity contribution in [2.75, 3.05) is 5.75 Å². The molecule has 20 heavy (non-hydrogen) atoms. The quantitative estimate of drug-likeness (QED) is 0.714. The fourth-order valence-electron chi connectivity index (χ4n) is 1.83. The van der Waals surface area contributed by atoms with Gasteiger partial charge in [0.2, 0.25) is 0 Å². The Bertz CT molecular complexity index is 738. The first-order valence-corrected chi connectivity index (χ1v) is 6.76. The number of carbonyl (C=O) groups is 1. The Kier molecular flexibility index (Phi) is 3.38. The van der Waals surface area contributed by atoms with E-state index < -0.39 is 5.97 Å². The topological polar surface area (TPSA) is 94.0 Å². The lowest BCUT2D eigenvalue weighted by atomic mass is 10.4. The second-order valence-electron chi connectivity index (χ2n) is 4.02. The molecule has 0 fully saturated rings. The molecule has 0 amide bonds. The van der Waals surface area contributed by atoms with Crippen LogP contribution in [0.2, 0.25) is 0 Å². The molecule has 3 heterocycles. The fraction of sp³-hybridized carbons (Fsp3) is 0.167. The van der Waals surface area contributed by atoms with Gasteiger partial charge in [0.15, 0.2) is 5.16 Å². The van der Waals surface area contributed by atoms with Gasteiger partial charge in [0, 0.05) is 12.3 Å². The molecule has 0 radical (unpaired) electrons. The summed E-state index contributed by atoms with van der Waals surface area (Å²) in [7, 11) is 0. The highest BCUT2D eigenvalue weighted by atomic mass is 32.2. The molecule has 0 saturated carbocycles. The van der Waals surface area contributed by atoms with Crippen LogP contribution in [0, 0.1) is 0 Å². The van der Waals surface area contributed by atoms with E-state index in [1.807, 2.05) is 10.6 Å². The zero-order valence-electron chi connectivity index (χ0n) is 10.3. The van der Waals surface area contributed by atoms with Crippen molar-refractivity contribution in [1.29, 1.82) is 0 Å². The molecule has 0 aromatic carbocycles. The lowest BCUT2D eigenvalue weighted by molar-refractivity contribution is -0.133. The number of carboxylic acids is 1. The fourth-order valence-corrected chi connectivity index (χ4v) is 2.56. The Morgan fingerprint density at radius 1 is 1.45 bits per heavy atom. The summed E-state index contributed by atoms with van der Waals surface area (Å²) in [6, 6.07) is 3.60. The van der Waals surface area contributed by atoms with Crippen molar-refractivity contribution in [2.24, 2.45) is 0 Å². The zero-order valence-corrected chi connectivity index (χ0v) is 11.1. The molecule has 3 aromatic rings. The van der Waals surface area contributed by atoms with E-state index in [0.717, 1.165) is 16.7 Å². The second-order valence-corrected chi connectivity index (χ2v) is 4.96. The first kappa shape index (κ1) is 12.7. The second kappa shape index (κ2) is 5.33. The molecule has 0 aliphatic heterocycles. The van der Waals surface area contributed by atoms with Crippen LogP contribution in [0.15, 0.2) is 40.5 Å². The van der Waals surface area contributed by atoms with Crippen LogP contribution in [0.5, 0.6) is 0 Å². The van der Waals surface area contributed by atoms with Crippen LogP contribution in [0.25, 0.3) is 11.0 Å². The molecule has 0 atom stereocenters. The third-order valence-corrected chi connectivity index (χ3v) is 3.61. The molecule has 0 unspecified atom stereocenters. The Morgan fingerprint density at radius 3 is 3.10 bits per heavy atom. The minimum absolute atomic E-state index is 0.0461. The van der Waals surface area contributed by atoms with Gasteiger partial charge in [0.05, 0.1) is 24.0 Å². The first-order chi connectivity index (χ1) is 9.74. The molecule has 0 bridgehead atoms. The number of thioether (sulfide) groups is 1. The molecule has 0 saturated heterocycles.